The van der Waals surface area contributed by atoms with Crippen molar-refractivity contribution in [3.05, 3.63) is 83.9 Å². The first kappa shape index (κ1) is 26.9. The first-order valence-corrected chi connectivity index (χ1v) is 13.5. The van der Waals surface area contributed by atoms with Gasteiger partial charge in [0.25, 0.3) is 5.91 Å². The molecular formula is C29H27N5O5S. The highest BCUT2D eigenvalue weighted by atomic mass is 32.2. The number of nitrogens with zero attached hydrogens (tertiary/aromatic N) is 3. The Hall–Kier alpha value is -4.64. The Bertz CT molecular complexity index is 1510. The Morgan fingerprint density at radius 1 is 0.975 bits per heavy atom. The number of aliphatic imine (C=N–C) groups is 2. The van der Waals surface area contributed by atoms with Crippen LogP contribution in [0.25, 0.3) is 0 Å². The lowest BCUT2D eigenvalue weighted by Crippen LogP contribution is -2.42. The van der Waals surface area contributed by atoms with E-state index in [0.717, 1.165) is 17.3 Å². The van der Waals surface area contributed by atoms with Crippen LogP contribution in [0.2, 0.25) is 0 Å². The first-order chi connectivity index (χ1) is 19.5. The molecule has 0 bridgehead atoms. The number of para-hydroxylation sites is 1. The maximum absolute atomic E-state index is 13.5. The molecule has 40 heavy (non-hydrogen) atoms. The molecule has 0 aliphatic carbocycles. The molecule has 0 saturated heterocycles. The van der Waals surface area contributed by atoms with Gasteiger partial charge in [-0.05, 0) is 29.8 Å². The molecule has 0 spiro atoms. The van der Waals surface area contributed by atoms with Crippen LogP contribution in [-0.2, 0) is 20.9 Å². The minimum Gasteiger partial charge on any atom is -0.497 e. The second kappa shape index (κ2) is 12.0. The Kier molecular flexibility index (Phi) is 8.11. The summed E-state index contributed by atoms with van der Waals surface area (Å²) < 4.78 is 10.6. The number of amides is 3. The van der Waals surface area contributed by atoms with Gasteiger partial charge in [0.15, 0.2) is 5.17 Å². The summed E-state index contributed by atoms with van der Waals surface area (Å²) in [4.78, 5) is 49.6. The third-order valence-corrected chi connectivity index (χ3v) is 7.21. The summed E-state index contributed by atoms with van der Waals surface area (Å²) in [5.74, 6) is 0.520. The van der Waals surface area contributed by atoms with E-state index in [1.165, 1.54) is 12.0 Å². The van der Waals surface area contributed by atoms with Crippen LogP contribution >= 0.6 is 11.8 Å². The molecule has 3 aromatic rings. The van der Waals surface area contributed by atoms with Gasteiger partial charge < -0.3 is 20.1 Å². The van der Waals surface area contributed by atoms with Crippen molar-refractivity contribution < 1.29 is 23.9 Å². The van der Waals surface area contributed by atoms with Gasteiger partial charge >= 0.3 is 0 Å². The smallest absolute Gasteiger partial charge is 0.259 e. The summed E-state index contributed by atoms with van der Waals surface area (Å²) in [6.45, 7) is 0.361. The zero-order valence-electron chi connectivity index (χ0n) is 21.9. The molecule has 10 nitrogen and oxygen atoms in total. The van der Waals surface area contributed by atoms with Crippen molar-refractivity contribution in [3.63, 3.8) is 0 Å². The van der Waals surface area contributed by atoms with Crippen LogP contribution in [0.1, 0.15) is 17.5 Å². The minimum atomic E-state index is -0.889. The lowest BCUT2D eigenvalue weighted by Gasteiger charge is -2.25. The van der Waals surface area contributed by atoms with E-state index in [4.69, 9.17) is 9.47 Å². The SMILES string of the molecule is COc1ccc(NC(=O)CSC2=Nc3ccccc3C3=NC(CC(=O)NCc4ccccc4)C(=O)N23)c(OC)c1. The normalized spacial score (nSPS) is 15.4. The van der Waals surface area contributed by atoms with E-state index in [0.29, 0.717) is 46.0 Å². The van der Waals surface area contributed by atoms with Crippen molar-refractivity contribution >= 4 is 51.9 Å². The molecule has 2 heterocycles. The summed E-state index contributed by atoms with van der Waals surface area (Å²) in [7, 11) is 3.05. The van der Waals surface area contributed by atoms with Crippen molar-refractivity contribution in [2.24, 2.45) is 9.98 Å². The maximum atomic E-state index is 13.5. The summed E-state index contributed by atoms with van der Waals surface area (Å²) in [5.41, 5.74) is 2.78. The predicted octanol–water partition coefficient (Wildman–Crippen LogP) is 3.74. The van der Waals surface area contributed by atoms with Gasteiger partial charge in [-0.25, -0.2) is 9.89 Å². The number of amidine groups is 2. The molecule has 2 aliphatic rings. The largest absolute Gasteiger partial charge is 0.497 e. The zero-order valence-corrected chi connectivity index (χ0v) is 22.7. The number of fused-ring (bicyclic) bond motifs is 3. The van der Waals surface area contributed by atoms with Gasteiger partial charge in [-0.15, -0.1) is 0 Å². The summed E-state index contributed by atoms with van der Waals surface area (Å²) in [5, 5.41) is 6.00. The van der Waals surface area contributed by atoms with Crippen molar-refractivity contribution in [3.8, 4) is 11.5 Å². The lowest BCUT2D eigenvalue weighted by atomic mass is 10.1. The molecule has 204 valence electrons. The molecule has 0 saturated carbocycles. The number of ether oxygens (including phenoxy) is 2. The number of nitrogens with one attached hydrogen (secondary N) is 2. The average molecular weight is 558 g/mol. The quantitative estimate of drug-likeness (QED) is 0.414. The fourth-order valence-electron chi connectivity index (χ4n) is 4.29. The van der Waals surface area contributed by atoms with Crippen LogP contribution in [0.4, 0.5) is 11.4 Å². The van der Waals surface area contributed by atoms with E-state index < -0.39 is 6.04 Å². The van der Waals surface area contributed by atoms with Gasteiger partial charge in [0.2, 0.25) is 11.8 Å². The number of carbonyl (C=O) groups excluding carboxylic acids is 3. The third-order valence-electron chi connectivity index (χ3n) is 6.27. The van der Waals surface area contributed by atoms with Gasteiger partial charge in [-0.1, -0.05) is 54.2 Å². The molecule has 5 rings (SSSR count). The van der Waals surface area contributed by atoms with Gasteiger partial charge in [0.05, 0.1) is 37.8 Å². The van der Waals surface area contributed by atoms with Crippen molar-refractivity contribution in [2.45, 2.75) is 19.0 Å². The zero-order chi connectivity index (χ0) is 28.1. The molecule has 0 radical (unpaired) electrons. The molecule has 11 heteroatoms. The van der Waals surface area contributed by atoms with Gasteiger partial charge in [0, 0.05) is 18.2 Å². The van der Waals surface area contributed by atoms with E-state index in [-0.39, 0.29) is 29.9 Å². The van der Waals surface area contributed by atoms with E-state index >= 15 is 0 Å². The number of carbonyl (C=O) groups is 3. The highest BCUT2D eigenvalue weighted by molar-refractivity contribution is 8.14. The highest BCUT2D eigenvalue weighted by Crippen LogP contribution is 2.34. The molecule has 3 amide bonds. The Labute approximate surface area is 235 Å². The summed E-state index contributed by atoms with van der Waals surface area (Å²) in [6.07, 6.45) is -0.0937. The van der Waals surface area contributed by atoms with Crippen molar-refractivity contribution in [2.75, 3.05) is 25.3 Å². The van der Waals surface area contributed by atoms with Gasteiger partial charge in [-0.2, -0.15) is 0 Å². The van der Waals surface area contributed by atoms with E-state index in [1.807, 2.05) is 54.6 Å². The fraction of sp³-hybridized carbons (Fsp3) is 0.207. The van der Waals surface area contributed by atoms with E-state index in [2.05, 4.69) is 20.6 Å². The van der Waals surface area contributed by atoms with Crippen LogP contribution < -0.4 is 20.1 Å². The van der Waals surface area contributed by atoms with Crippen LogP contribution in [-0.4, -0.2) is 59.6 Å². The summed E-state index contributed by atoms with van der Waals surface area (Å²) in [6, 6.07) is 21.1. The molecule has 1 unspecified atom stereocenters. The number of rotatable bonds is 9. The Morgan fingerprint density at radius 3 is 2.52 bits per heavy atom. The molecular weight excluding hydrogens is 530 g/mol. The standard InChI is InChI=1S/C29H27N5O5S/c1-38-19-12-13-22(24(14-19)39-2)31-26(36)17-40-29-33-21-11-7-6-10-20(21)27-32-23(28(37)34(27)29)15-25(35)30-16-18-8-4-3-5-9-18/h3-14,23H,15-17H2,1-2H3,(H,30,35)(H,31,36). The van der Waals surface area contributed by atoms with Crippen LogP contribution in [0, 0.1) is 0 Å². The number of anilines is 1. The van der Waals surface area contributed by atoms with E-state index in [1.54, 1.807) is 25.3 Å². The molecule has 1 atom stereocenters. The number of benzene rings is 3. The maximum Gasteiger partial charge on any atom is 0.259 e. The monoisotopic (exact) mass is 557 g/mol. The third kappa shape index (κ3) is 5.84. The second-order valence-corrected chi connectivity index (χ2v) is 9.87. The van der Waals surface area contributed by atoms with Crippen molar-refractivity contribution in [1.82, 2.24) is 10.2 Å². The Balaban J connectivity index is 1.28. The lowest BCUT2D eigenvalue weighted by molar-refractivity contribution is -0.128. The van der Waals surface area contributed by atoms with Gasteiger partial charge in [-0.3, -0.25) is 19.4 Å². The van der Waals surface area contributed by atoms with E-state index in [9.17, 15) is 14.4 Å². The van der Waals surface area contributed by atoms with Crippen molar-refractivity contribution in [1.29, 1.82) is 0 Å². The molecule has 3 aromatic carbocycles. The molecule has 2 N–H and O–H groups in total. The second-order valence-electron chi connectivity index (χ2n) is 8.92. The number of methoxy groups -OCH3 is 2. The number of thioether (sulfide) groups is 1. The summed E-state index contributed by atoms with van der Waals surface area (Å²) >= 11 is 1.11. The number of hydrogen-bond acceptors (Lipinski definition) is 8. The topological polar surface area (TPSA) is 122 Å². The molecule has 2 aliphatic heterocycles. The fourth-order valence-corrected chi connectivity index (χ4v) is 5.10. The van der Waals surface area contributed by atoms with Gasteiger partial charge in [0.1, 0.15) is 23.4 Å². The molecule has 0 fully saturated rings. The highest BCUT2D eigenvalue weighted by Gasteiger charge is 2.42. The van der Waals surface area contributed by atoms with Crippen LogP contribution in [0.5, 0.6) is 11.5 Å². The van der Waals surface area contributed by atoms with Crippen LogP contribution in [0.3, 0.4) is 0 Å². The van der Waals surface area contributed by atoms with Crippen LogP contribution in [0.15, 0.2) is 82.8 Å². The Morgan fingerprint density at radius 2 is 1.75 bits per heavy atom. The first-order valence-electron chi connectivity index (χ1n) is 12.5. The average Bonchev–Trinajstić information content (AvgIpc) is 3.31. The molecule has 0 aromatic heterocycles. The number of hydrogen-bond donors (Lipinski definition) is 2. The predicted molar refractivity (Wildman–Crippen MR) is 154 cm³/mol. The minimum absolute atomic E-state index is 0.0184.